The van der Waals surface area contributed by atoms with Gasteiger partial charge in [0.05, 0.1) is 17.0 Å². The van der Waals surface area contributed by atoms with Crippen LogP contribution >= 0.6 is 11.3 Å². The van der Waals surface area contributed by atoms with E-state index in [0.717, 1.165) is 11.3 Å². The van der Waals surface area contributed by atoms with Gasteiger partial charge in [-0.2, -0.15) is 5.10 Å². The van der Waals surface area contributed by atoms with Gasteiger partial charge in [0.25, 0.3) is 0 Å². The van der Waals surface area contributed by atoms with Gasteiger partial charge >= 0.3 is 5.97 Å². The SMILES string of the molecule is C/C(=N/Nc1nc(-c2ccc(C)cc2)cs1)C1=CC2C=CC=CC2OC1=O. The zero-order valence-electron chi connectivity index (χ0n) is 15.0. The number of fused-ring (bicyclic) bond motifs is 1. The van der Waals surface area contributed by atoms with E-state index in [4.69, 9.17) is 4.74 Å². The standard InChI is InChI=1S/C21H19N3O2S/c1-13-7-9-15(10-8-13)18-12-27-21(22-18)24-23-14(2)17-11-16-5-3-4-6-19(16)26-20(17)25/h3-12,16,19H,1-2H3,(H,22,24)/b23-14-. The van der Waals surface area contributed by atoms with Crippen molar-refractivity contribution >= 4 is 28.1 Å². The normalized spacial score (nSPS) is 21.5. The van der Waals surface area contributed by atoms with Crippen LogP contribution in [0.15, 0.2) is 70.7 Å². The molecule has 1 aromatic heterocycles. The maximum Gasteiger partial charge on any atom is 0.340 e. The Balaban J connectivity index is 1.49. The summed E-state index contributed by atoms with van der Waals surface area (Å²) in [5.41, 5.74) is 7.19. The van der Waals surface area contributed by atoms with Gasteiger partial charge in [-0.25, -0.2) is 9.78 Å². The molecule has 2 atom stereocenters. The van der Waals surface area contributed by atoms with Crippen molar-refractivity contribution in [3.8, 4) is 11.3 Å². The van der Waals surface area contributed by atoms with Crippen LogP contribution in [-0.4, -0.2) is 22.8 Å². The molecule has 27 heavy (non-hydrogen) atoms. The van der Waals surface area contributed by atoms with Crippen LogP contribution in [0.4, 0.5) is 5.13 Å². The number of ether oxygens (including phenoxy) is 1. The molecule has 0 fully saturated rings. The number of esters is 1. The quantitative estimate of drug-likeness (QED) is 0.484. The molecule has 1 aliphatic carbocycles. The molecule has 0 bridgehead atoms. The fraction of sp³-hybridized carbons (Fsp3) is 0.190. The minimum atomic E-state index is -0.348. The molecule has 1 N–H and O–H groups in total. The van der Waals surface area contributed by atoms with Crippen molar-refractivity contribution in [2.75, 3.05) is 5.43 Å². The van der Waals surface area contributed by atoms with Gasteiger partial charge in [-0.3, -0.25) is 5.43 Å². The van der Waals surface area contributed by atoms with Crippen molar-refractivity contribution < 1.29 is 9.53 Å². The van der Waals surface area contributed by atoms with Gasteiger partial charge in [0.15, 0.2) is 0 Å². The summed E-state index contributed by atoms with van der Waals surface area (Å²) >= 11 is 1.47. The maximum atomic E-state index is 12.2. The van der Waals surface area contributed by atoms with E-state index < -0.39 is 0 Å². The molecule has 2 aromatic rings. The summed E-state index contributed by atoms with van der Waals surface area (Å²) in [7, 11) is 0. The van der Waals surface area contributed by atoms with E-state index >= 15 is 0 Å². The Labute approximate surface area is 161 Å². The number of hydrogen-bond donors (Lipinski definition) is 1. The number of nitrogens with zero attached hydrogens (tertiary/aromatic N) is 2. The number of anilines is 1. The molecule has 0 radical (unpaired) electrons. The van der Waals surface area contributed by atoms with Gasteiger partial charge in [0, 0.05) is 16.9 Å². The molecule has 6 heteroatoms. The Bertz CT molecular complexity index is 983. The van der Waals surface area contributed by atoms with Crippen LogP contribution in [0.25, 0.3) is 11.3 Å². The number of allylic oxidation sites excluding steroid dienone is 2. The van der Waals surface area contributed by atoms with Crippen molar-refractivity contribution in [3.63, 3.8) is 0 Å². The molecule has 5 nitrogen and oxygen atoms in total. The first-order valence-corrected chi connectivity index (χ1v) is 9.59. The van der Waals surface area contributed by atoms with Crippen molar-refractivity contribution in [1.29, 1.82) is 0 Å². The van der Waals surface area contributed by atoms with Gasteiger partial charge in [0.2, 0.25) is 5.13 Å². The fourth-order valence-corrected chi connectivity index (χ4v) is 3.62. The van der Waals surface area contributed by atoms with E-state index in [9.17, 15) is 4.79 Å². The zero-order chi connectivity index (χ0) is 18.8. The molecule has 1 aliphatic heterocycles. The molecule has 0 amide bonds. The Morgan fingerprint density at radius 3 is 2.81 bits per heavy atom. The van der Waals surface area contributed by atoms with E-state index in [0.29, 0.717) is 16.4 Å². The number of carbonyl (C=O) groups is 1. The van der Waals surface area contributed by atoms with Crippen molar-refractivity contribution in [2.24, 2.45) is 11.0 Å². The summed E-state index contributed by atoms with van der Waals surface area (Å²) < 4.78 is 5.48. The predicted octanol–water partition coefficient (Wildman–Crippen LogP) is 4.50. The molecular formula is C21H19N3O2S. The summed E-state index contributed by atoms with van der Waals surface area (Å²) in [6.07, 6.45) is 9.46. The Morgan fingerprint density at radius 2 is 2.00 bits per heavy atom. The summed E-state index contributed by atoms with van der Waals surface area (Å²) in [4.78, 5) is 16.8. The maximum absolute atomic E-state index is 12.2. The Hall–Kier alpha value is -2.99. The minimum absolute atomic E-state index is 0.0563. The number of thiazole rings is 1. The fourth-order valence-electron chi connectivity index (χ4n) is 2.96. The second kappa shape index (κ2) is 7.32. The van der Waals surface area contributed by atoms with Gasteiger partial charge in [-0.15, -0.1) is 11.3 Å². The van der Waals surface area contributed by atoms with Crippen molar-refractivity contribution in [2.45, 2.75) is 20.0 Å². The number of aryl methyl sites for hydroxylation is 1. The minimum Gasteiger partial charge on any atom is -0.454 e. The van der Waals surface area contributed by atoms with Crippen LogP contribution in [0.3, 0.4) is 0 Å². The summed E-state index contributed by atoms with van der Waals surface area (Å²) in [5, 5.41) is 6.99. The second-order valence-electron chi connectivity index (χ2n) is 6.51. The molecule has 2 heterocycles. The largest absolute Gasteiger partial charge is 0.454 e. The van der Waals surface area contributed by atoms with Gasteiger partial charge in [0.1, 0.15) is 6.10 Å². The molecule has 136 valence electrons. The summed E-state index contributed by atoms with van der Waals surface area (Å²) in [6, 6.07) is 8.23. The lowest BCUT2D eigenvalue weighted by atomic mass is 9.91. The third-order valence-electron chi connectivity index (χ3n) is 4.51. The van der Waals surface area contributed by atoms with Crippen LogP contribution < -0.4 is 5.43 Å². The highest BCUT2D eigenvalue weighted by atomic mass is 32.1. The molecule has 2 aliphatic rings. The van der Waals surface area contributed by atoms with Crippen molar-refractivity contribution in [1.82, 2.24) is 4.98 Å². The average Bonchev–Trinajstić information content (AvgIpc) is 3.15. The number of hydrogen-bond acceptors (Lipinski definition) is 6. The first-order valence-electron chi connectivity index (χ1n) is 8.71. The van der Waals surface area contributed by atoms with E-state index in [1.807, 2.05) is 47.9 Å². The molecular weight excluding hydrogens is 358 g/mol. The third kappa shape index (κ3) is 3.75. The number of aromatic nitrogens is 1. The van der Waals surface area contributed by atoms with Crippen LogP contribution in [-0.2, 0) is 9.53 Å². The number of hydrazone groups is 1. The lowest BCUT2D eigenvalue weighted by Gasteiger charge is -2.27. The summed E-state index contributed by atoms with van der Waals surface area (Å²) in [6.45, 7) is 3.85. The average molecular weight is 377 g/mol. The first-order chi connectivity index (χ1) is 13.1. The topological polar surface area (TPSA) is 63.6 Å². The highest BCUT2D eigenvalue weighted by molar-refractivity contribution is 7.14. The van der Waals surface area contributed by atoms with Gasteiger partial charge < -0.3 is 4.74 Å². The van der Waals surface area contributed by atoms with Crippen LogP contribution in [0, 0.1) is 12.8 Å². The van der Waals surface area contributed by atoms with E-state index in [2.05, 4.69) is 34.6 Å². The molecule has 0 saturated carbocycles. The predicted molar refractivity (Wildman–Crippen MR) is 109 cm³/mol. The number of benzene rings is 1. The van der Waals surface area contributed by atoms with Gasteiger partial charge in [-0.1, -0.05) is 54.1 Å². The van der Waals surface area contributed by atoms with Crippen molar-refractivity contribution in [3.05, 3.63) is 71.2 Å². The van der Waals surface area contributed by atoms with E-state index in [-0.39, 0.29) is 18.0 Å². The summed E-state index contributed by atoms with van der Waals surface area (Å²) in [5.74, 6) is -0.292. The monoisotopic (exact) mass is 377 g/mol. The van der Waals surface area contributed by atoms with Crippen LogP contribution in [0.5, 0.6) is 0 Å². The first kappa shape index (κ1) is 17.4. The molecule has 1 aromatic carbocycles. The highest BCUT2D eigenvalue weighted by Crippen LogP contribution is 2.27. The lowest BCUT2D eigenvalue weighted by molar-refractivity contribution is -0.143. The van der Waals surface area contributed by atoms with E-state index in [1.165, 1.54) is 16.9 Å². The van der Waals surface area contributed by atoms with Crippen LogP contribution in [0.2, 0.25) is 0 Å². The van der Waals surface area contributed by atoms with Gasteiger partial charge in [-0.05, 0) is 19.9 Å². The van der Waals surface area contributed by atoms with Crippen LogP contribution in [0.1, 0.15) is 12.5 Å². The number of rotatable bonds is 4. The molecule has 0 spiro atoms. The zero-order valence-corrected chi connectivity index (χ0v) is 15.9. The molecule has 4 rings (SSSR count). The number of nitrogens with one attached hydrogen (secondary N) is 1. The Morgan fingerprint density at radius 1 is 1.22 bits per heavy atom. The smallest absolute Gasteiger partial charge is 0.340 e. The number of carbonyl (C=O) groups excluding carboxylic acids is 1. The molecule has 2 unspecified atom stereocenters. The lowest BCUT2D eigenvalue weighted by Crippen LogP contribution is -2.32. The highest BCUT2D eigenvalue weighted by Gasteiger charge is 2.30. The second-order valence-corrected chi connectivity index (χ2v) is 7.37. The Kier molecular flexibility index (Phi) is 4.73. The third-order valence-corrected chi connectivity index (χ3v) is 5.25. The molecule has 0 saturated heterocycles. The van der Waals surface area contributed by atoms with E-state index in [1.54, 1.807) is 6.92 Å².